The zero-order chi connectivity index (χ0) is 20.7. The molecule has 2 rings (SSSR count). The number of benzene rings is 2. The first kappa shape index (κ1) is 21.4. The van der Waals surface area contributed by atoms with Gasteiger partial charge in [0.2, 0.25) is 0 Å². The van der Waals surface area contributed by atoms with Crippen LogP contribution in [-0.2, 0) is 20.7 Å². The van der Waals surface area contributed by atoms with Crippen molar-refractivity contribution in [3.05, 3.63) is 47.0 Å². The Labute approximate surface area is 168 Å². The molecule has 0 fully saturated rings. The van der Waals surface area contributed by atoms with Gasteiger partial charge in [-0.3, -0.25) is 9.59 Å². The average Bonchev–Trinajstić information content (AvgIpc) is 2.67. The van der Waals surface area contributed by atoms with E-state index in [0.717, 1.165) is 0 Å². The third-order valence-electron chi connectivity index (χ3n) is 3.91. The molecular formula is C20H22ClNO6. The van der Waals surface area contributed by atoms with E-state index in [2.05, 4.69) is 5.32 Å². The van der Waals surface area contributed by atoms with Crippen LogP contribution in [0.5, 0.6) is 17.2 Å². The third kappa shape index (κ3) is 5.53. The van der Waals surface area contributed by atoms with Gasteiger partial charge in [0.15, 0.2) is 17.6 Å². The molecule has 0 aromatic heterocycles. The van der Waals surface area contributed by atoms with Crippen molar-refractivity contribution >= 4 is 29.2 Å². The molecule has 0 aliphatic carbocycles. The smallest absolute Gasteiger partial charge is 0.311 e. The number of esters is 1. The van der Waals surface area contributed by atoms with Crippen molar-refractivity contribution in [3.63, 3.8) is 0 Å². The van der Waals surface area contributed by atoms with Crippen LogP contribution in [0.4, 0.5) is 5.69 Å². The van der Waals surface area contributed by atoms with E-state index < -0.39 is 18.0 Å². The number of carbonyl (C=O) groups is 2. The normalized spacial score (nSPS) is 11.3. The van der Waals surface area contributed by atoms with Crippen molar-refractivity contribution in [2.24, 2.45) is 0 Å². The summed E-state index contributed by atoms with van der Waals surface area (Å²) in [6.07, 6.45) is -1.07. The molecule has 0 unspecified atom stereocenters. The second-order valence-corrected chi connectivity index (χ2v) is 6.26. The summed E-state index contributed by atoms with van der Waals surface area (Å²) >= 11 is 5.96. The lowest BCUT2D eigenvalue weighted by Crippen LogP contribution is -2.30. The molecule has 1 amide bonds. The van der Waals surface area contributed by atoms with Gasteiger partial charge in [-0.15, -0.1) is 0 Å². The van der Waals surface area contributed by atoms with Crippen molar-refractivity contribution in [1.82, 2.24) is 0 Å². The van der Waals surface area contributed by atoms with Crippen LogP contribution in [0.2, 0.25) is 5.02 Å². The van der Waals surface area contributed by atoms with Crippen LogP contribution in [0, 0.1) is 0 Å². The molecule has 2 aromatic carbocycles. The van der Waals surface area contributed by atoms with Crippen molar-refractivity contribution in [2.45, 2.75) is 19.4 Å². The first-order chi connectivity index (χ1) is 13.4. The van der Waals surface area contributed by atoms with Crippen molar-refractivity contribution in [2.75, 3.05) is 26.6 Å². The molecule has 0 aliphatic heterocycles. The SMILES string of the molecule is COc1ccc(Cl)cc1CC(=O)O[C@H](C)C(=O)Nc1ccc(OC)c(OC)c1. The highest BCUT2D eigenvalue weighted by atomic mass is 35.5. The molecule has 0 saturated heterocycles. The minimum atomic E-state index is -0.995. The molecular weight excluding hydrogens is 386 g/mol. The summed E-state index contributed by atoms with van der Waals surface area (Å²) in [5.41, 5.74) is 1.06. The Balaban J connectivity index is 1.98. The molecule has 0 spiro atoms. The quantitative estimate of drug-likeness (QED) is 0.674. The largest absolute Gasteiger partial charge is 0.496 e. The van der Waals surface area contributed by atoms with Crippen LogP contribution < -0.4 is 19.5 Å². The van der Waals surface area contributed by atoms with Gasteiger partial charge in [0.25, 0.3) is 5.91 Å². The van der Waals surface area contributed by atoms with E-state index in [1.807, 2.05) is 0 Å². The molecule has 28 heavy (non-hydrogen) atoms. The van der Waals surface area contributed by atoms with Gasteiger partial charge < -0.3 is 24.3 Å². The number of amides is 1. The predicted octanol–water partition coefficient (Wildman–Crippen LogP) is 3.48. The molecule has 0 heterocycles. The summed E-state index contributed by atoms with van der Waals surface area (Å²) in [6, 6.07) is 9.88. The Morgan fingerprint density at radius 3 is 2.25 bits per heavy atom. The molecule has 8 heteroatoms. The van der Waals surface area contributed by atoms with E-state index in [0.29, 0.717) is 33.5 Å². The van der Waals surface area contributed by atoms with Gasteiger partial charge in [-0.1, -0.05) is 11.6 Å². The number of carbonyl (C=O) groups excluding carboxylic acids is 2. The number of halogens is 1. The minimum absolute atomic E-state index is 0.0717. The summed E-state index contributed by atoms with van der Waals surface area (Å²) in [5, 5.41) is 3.15. The van der Waals surface area contributed by atoms with E-state index in [-0.39, 0.29) is 6.42 Å². The van der Waals surface area contributed by atoms with Crippen LogP contribution in [0.1, 0.15) is 12.5 Å². The van der Waals surface area contributed by atoms with Gasteiger partial charge in [-0.2, -0.15) is 0 Å². The van der Waals surface area contributed by atoms with Crippen molar-refractivity contribution in [3.8, 4) is 17.2 Å². The molecule has 0 radical (unpaired) electrons. The lowest BCUT2D eigenvalue weighted by molar-refractivity contribution is -0.152. The molecule has 7 nitrogen and oxygen atoms in total. The molecule has 0 aliphatic rings. The standard InChI is InChI=1S/C20H22ClNO6/c1-12(20(24)22-15-6-8-17(26-3)18(11-15)27-4)28-19(23)10-13-9-14(21)5-7-16(13)25-2/h5-9,11-12H,10H2,1-4H3,(H,22,24)/t12-/m1/s1. The summed E-state index contributed by atoms with van der Waals surface area (Å²) in [4.78, 5) is 24.5. The zero-order valence-corrected chi connectivity index (χ0v) is 16.8. The maximum Gasteiger partial charge on any atom is 0.311 e. The van der Waals surface area contributed by atoms with Crippen LogP contribution in [-0.4, -0.2) is 39.3 Å². The van der Waals surface area contributed by atoms with Crippen LogP contribution in [0.25, 0.3) is 0 Å². The molecule has 1 atom stereocenters. The Morgan fingerprint density at radius 1 is 0.964 bits per heavy atom. The van der Waals surface area contributed by atoms with Crippen LogP contribution in [0.3, 0.4) is 0 Å². The topological polar surface area (TPSA) is 83.1 Å². The number of anilines is 1. The molecule has 1 N–H and O–H groups in total. The van der Waals surface area contributed by atoms with Gasteiger partial charge in [0, 0.05) is 22.3 Å². The van der Waals surface area contributed by atoms with E-state index in [1.165, 1.54) is 28.3 Å². The molecule has 0 bridgehead atoms. The van der Waals surface area contributed by atoms with Gasteiger partial charge in [0.1, 0.15) is 5.75 Å². The third-order valence-corrected chi connectivity index (χ3v) is 4.14. The number of hydrogen-bond donors (Lipinski definition) is 1. The minimum Gasteiger partial charge on any atom is -0.496 e. The highest BCUT2D eigenvalue weighted by Crippen LogP contribution is 2.30. The zero-order valence-electron chi connectivity index (χ0n) is 16.1. The highest BCUT2D eigenvalue weighted by Gasteiger charge is 2.20. The fraction of sp³-hybridized carbons (Fsp3) is 0.300. The first-order valence-electron chi connectivity index (χ1n) is 8.42. The number of ether oxygens (including phenoxy) is 4. The van der Waals surface area contributed by atoms with Gasteiger partial charge in [0.05, 0.1) is 27.8 Å². The summed E-state index contributed by atoms with van der Waals surface area (Å²) in [7, 11) is 4.52. The Hall–Kier alpha value is -2.93. The fourth-order valence-electron chi connectivity index (χ4n) is 2.49. The number of hydrogen-bond acceptors (Lipinski definition) is 6. The lowest BCUT2D eigenvalue weighted by Gasteiger charge is -2.15. The molecule has 0 saturated carbocycles. The van der Waals surface area contributed by atoms with Gasteiger partial charge in [-0.25, -0.2) is 0 Å². The van der Waals surface area contributed by atoms with Crippen molar-refractivity contribution in [1.29, 1.82) is 0 Å². The van der Waals surface area contributed by atoms with Crippen LogP contribution in [0.15, 0.2) is 36.4 Å². The van der Waals surface area contributed by atoms with Gasteiger partial charge >= 0.3 is 5.97 Å². The second kappa shape index (κ2) is 9.85. The monoisotopic (exact) mass is 407 g/mol. The van der Waals surface area contributed by atoms with E-state index in [4.69, 9.17) is 30.5 Å². The Morgan fingerprint density at radius 2 is 1.61 bits per heavy atom. The van der Waals surface area contributed by atoms with E-state index in [9.17, 15) is 9.59 Å². The molecule has 150 valence electrons. The number of rotatable bonds is 8. The van der Waals surface area contributed by atoms with E-state index in [1.54, 1.807) is 36.4 Å². The average molecular weight is 408 g/mol. The Bertz CT molecular complexity index is 855. The summed E-state index contributed by atoms with van der Waals surface area (Å²) in [6.45, 7) is 1.49. The Kier molecular flexibility index (Phi) is 7.52. The van der Waals surface area contributed by atoms with Crippen molar-refractivity contribution < 1.29 is 28.5 Å². The maximum atomic E-state index is 12.3. The maximum absolute atomic E-state index is 12.3. The lowest BCUT2D eigenvalue weighted by atomic mass is 10.1. The predicted molar refractivity (Wildman–Crippen MR) is 105 cm³/mol. The molecule has 2 aromatic rings. The summed E-state index contributed by atoms with van der Waals surface area (Å²) in [5.74, 6) is 0.478. The van der Waals surface area contributed by atoms with E-state index >= 15 is 0 Å². The van der Waals surface area contributed by atoms with Crippen LogP contribution >= 0.6 is 11.6 Å². The number of methoxy groups -OCH3 is 3. The number of nitrogens with one attached hydrogen (secondary N) is 1. The fourth-order valence-corrected chi connectivity index (χ4v) is 2.69. The summed E-state index contributed by atoms with van der Waals surface area (Å²) < 4.78 is 20.8. The second-order valence-electron chi connectivity index (χ2n) is 5.82. The highest BCUT2D eigenvalue weighted by molar-refractivity contribution is 6.30. The van der Waals surface area contributed by atoms with Gasteiger partial charge in [-0.05, 0) is 37.3 Å². The first-order valence-corrected chi connectivity index (χ1v) is 8.80.